The monoisotopic (exact) mass is 408 g/mol. The van der Waals surface area contributed by atoms with Crippen LogP contribution in [-0.2, 0) is 23.9 Å². The summed E-state index contributed by atoms with van der Waals surface area (Å²) in [7, 11) is 0. The van der Waals surface area contributed by atoms with Crippen molar-refractivity contribution in [1.82, 2.24) is 10.2 Å². The highest BCUT2D eigenvalue weighted by atomic mass is 79.9. The Morgan fingerprint density at radius 2 is 2.09 bits per heavy atom. The summed E-state index contributed by atoms with van der Waals surface area (Å²) in [6, 6.07) is -1.78. The molecule has 2 N–H and O–H groups in total. The number of β-lactam (4-membered cyclic amide) rings is 1. The van der Waals surface area contributed by atoms with Gasteiger partial charge in [0.25, 0.3) is 0 Å². The van der Waals surface area contributed by atoms with E-state index >= 15 is 0 Å². The second-order valence-corrected chi connectivity index (χ2v) is 8.39. The van der Waals surface area contributed by atoms with E-state index in [1.165, 1.54) is 16.7 Å². The van der Waals surface area contributed by atoms with Crippen LogP contribution >= 0.6 is 27.7 Å². The highest BCUT2D eigenvalue weighted by molar-refractivity contribution is 9.10. The molecule has 2 aliphatic rings. The Hall–Kier alpha value is -1.29. The number of nitrogens with zero attached hydrogens (tertiary/aromatic N) is 1. The van der Waals surface area contributed by atoms with Gasteiger partial charge in [0.2, 0.25) is 11.8 Å². The van der Waals surface area contributed by atoms with Crippen LogP contribution in [0.1, 0.15) is 20.8 Å². The van der Waals surface area contributed by atoms with E-state index in [2.05, 4.69) is 21.2 Å². The zero-order valence-corrected chi connectivity index (χ0v) is 15.1. The van der Waals surface area contributed by atoms with E-state index in [0.29, 0.717) is 0 Å². The van der Waals surface area contributed by atoms with Crippen molar-refractivity contribution in [3.8, 4) is 0 Å². The number of amides is 2. The van der Waals surface area contributed by atoms with Crippen LogP contribution in [-0.4, -0.2) is 67.4 Å². The summed E-state index contributed by atoms with van der Waals surface area (Å²) in [6.07, 6.45) is 0. The number of esters is 1. The predicted molar refractivity (Wildman–Crippen MR) is 85.0 cm³/mol. The molecule has 2 heterocycles. The number of aliphatic carboxylic acids is 1. The maximum absolute atomic E-state index is 12.2. The van der Waals surface area contributed by atoms with Gasteiger partial charge in [-0.3, -0.25) is 14.4 Å². The number of hydrogen-bond donors (Lipinski definition) is 2. The first-order valence-electron chi connectivity index (χ1n) is 6.95. The average Bonchev–Trinajstić information content (AvgIpc) is 2.72. The number of ether oxygens (including phenoxy) is 1. The van der Waals surface area contributed by atoms with E-state index in [1.807, 2.05) is 0 Å². The number of hydrogen-bond acceptors (Lipinski definition) is 6. The molecule has 2 saturated heterocycles. The summed E-state index contributed by atoms with van der Waals surface area (Å²) >= 11 is 4.25. The van der Waals surface area contributed by atoms with Crippen molar-refractivity contribution in [2.24, 2.45) is 0 Å². The molecule has 2 fully saturated rings. The lowest BCUT2D eigenvalue weighted by molar-refractivity contribution is -0.161. The lowest BCUT2D eigenvalue weighted by atomic mass is 9.96. The fourth-order valence-electron chi connectivity index (χ4n) is 2.69. The lowest BCUT2D eigenvalue weighted by Crippen LogP contribution is -2.71. The number of carboxylic acids is 1. The molecule has 2 amide bonds. The second kappa shape index (κ2) is 6.31. The van der Waals surface area contributed by atoms with Crippen LogP contribution in [0, 0.1) is 0 Å². The number of rotatable bonds is 5. The summed E-state index contributed by atoms with van der Waals surface area (Å²) in [4.78, 5) is 47.2. The Morgan fingerprint density at radius 1 is 1.48 bits per heavy atom. The predicted octanol–water partition coefficient (Wildman–Crippen LogP) is -0.0553. The average molecular weight is 409 g/mol. The van der Waals surface area contributed by atoms with Gasteiger partial charge in [-0.15, -0.1) is 11.8 Å². The maximum Gasteiger partial charge on any atom is 0.329 e. The zero-order chi connectivity index (χ0) is 17.5. The zero-order valence-electron chi connectivity index (χ0n) is 12.7. The molecule has 0 spiro atoms. The maximum atomic E-state index is 12.2. The third kappa shape index (κ3) is 3.06. The van der Waals surface area contributed by atoms with Crippen LogP contribution in [0.15, 0.2) is 0 Å². The first kappa shape index (κ1) is 18.1. The van der Waals surface area contributed by atoms with Gasteiger partial charge in [-0.25, -0.2) is 4.79 Å². The highest BCUT2D eigenvalue weighted by Gasteiger charge is 2.64. The van der Waals surface area contributed by atoms with Gasteiger partial charge in [0.05, 0.1) is 6.61 Å². The molecule has 4 atom stereocenters. The Labute approximate surface area is 145 Å². The van der Waals surface area contributed by atoms with Crippen LogP contribution in [0.25, 0.3) is 0 Å². The Morgan fingerprint density at radius 3 is 2.61 bits per heavy atom. The molecule has 0 bridgehead atoms. The Balaban J connectivity index is 2.05. The minimum atomic E-state index is -1.21. The number of fused-ring (bicyclic) bond motifs is 1. The van der Waals surface area contributed by atoms with E-state index in [-0.39, 0.29) is 6.61 Å². The molecular formula is C13H17BrN2O6S. The summed E-state index contributed by atoms with van der Waals surface area (Å²) in [6.45, 7) is 5.24. The van der Waals surface area contributed by atoms with Gasteiger partial charge < -0.3 is 20.1 Å². The summed E-state index contributed by atoms with van der Waals surface area (Å²) in [5.41, 5.74) is 0. The van der Waals surface area contributed by atoms with Crippen molar-refractivity contribution in [3.05, 3.63) is 0 Å². The second-order valence-electron chi connectivity index (χ2n) is 5.70. The van der Waals surface area contributed by atoms with E-state index in [9.17, 15) is 24.3 Å². The fraction of sp³-hybridized carbons (Fsp3) is 0.692. The van der Waals surface area contributed by atoms with E-state index in [4.69, 9.17) is 4.74 Å². The van der Waals surface area contributed by atoms with Crippen LogP contribution in [0.3, 0.4) is 0 Å². The molecule has 0 aromatic heterocycles. The topological polar surface area (TPSA) is 113 Å². The first-order valence-corrected chi connectivity index (χ1v) is 8.75. The molecule has 0 radical (unpaired) electrons. The Kier molecular flexibility index (Phi) is 4.95. The smallest absolute Gasteiger partial charge is 0.329 e. The van der Waals surface area contributed by atoms with Gasteiger partial charge >= 0.3 is 11.9 Å². The van der Waals surface area contributed by atoms with Gasteiger partial charge in [0.15, 0.2) is 4.83 Å². The minimum absolute atomic E-state index is 0.136. The molecule has 10 heteroatoms. The van der Waals surface area contributed by atoms with E-state index in [1.54, 1.807) is 20.8 Å². The number of carboxylic acid groups (broad SMARTS) is 1. The third-order valence-electron chi connectivity index (χ3n) is 3.70. The number of carbonyl (C=O) groups excluding carboxylic acids is 3. The lowest BCUT2D eigenvalue weighted by Gasteiger charge is -2.43. The molecule has 128 valence electrons. The standard InChI is InChI=1S/C13H17BrN2O6S/c1-4-22-12(21)5(14)8(17)15-6-9(18)16-7(11(19)20)13(2,3)23-10(6)16/h5-7,10H,4H2,1-3H3,(H,15,17)(H,19,20)/t5?,6?,7-,10+/m0/s1. The molecule has 0 saturated carbocycles. The van der Waals surface area contributed by atoms with Crippen molar-refractivity contribution in [2.75, 3.05) is 6.61 Å². The summed E-state index contributed by atoms with van der Waals surface area (Å²) < 4.78 is 4.06. The molecule has 8 nitrogen and oxygen atoms in total. The molecule has 0 aliphatic carbocycles. The van der Waals surface area contributed by atoms with E-state index < -0.39 is 50.8 Å². The number of halogens is 1. The number of thioether (sulfide) groups is 1. The number of carbonyl (C=O) groups is 4. The third-order valence-corrected chi connectivity index (χ3v) is 6.06. The van der Waals surface area contributed by atoms with Crippen molar-refractivity contribution < 1.29 is 29.0 Å². The van der Waals surface area contributed by atoms with Gasteiger partial charge in [-0.05, 0) is 20.8 Å². The molecular weight excluding hydrogens is 392 g/mol. The van der Waals surface area contributed by atoms with Gasteiger partial charge in [0.1, 0.15) is 17.5 Å². The van der Waals surface area contributed by atoms with Crippen LogP contribution in [0.4, 0.5) is 0 Å². The van der Waals surface area contributed by atoms with Crippen LogP contribution in [0.2, 0.25) is 0 Å². The Bertz CT molecular complexity index is 569. The summed E-state index contributed by atoms with van der Waals surface area (Å²) in [5.74, 6) is -2.96. The number of alkyl halides is 1. The SMILES string of the molecule is CCOC(=O)C(Br)C(=O)NC1C(=O)N2[C@@H]1SC(C)(C)[C@@H]2C(=O)O. The quantitative estimate of drug-likeness (QED) is 0.283. The first-order chi connectivity index (χ1) is 10.6. The van der Waals surface area contributed by atoms with Gasteiger partial charge in [0, 0.05) is 4.75 Å². The van der Waals surface area contributed by atoms with Crippen molar-refractivity contribution in [1.29, 1.82) is 0 Å². The van der Waals surface area contributed by atoms with Crippen molar-refractivity contribution in [2.45, 2.75) is 47.8 Å². The molecule has 2 aliphatic heterocycles. The van der Waals surface area contributed by atoms with Gasteiger partial charge in [-0.1, -0.05) is 15.9 Å². The van der Waals surface area contributed by atoms with Crippen molar-refractivity contribution in [3.63, 3.8) is 0 Å². The van der Waals surface area contributed by atoms with Crippen LogP contribution < -0.4 is 5.32 Å². The molecule has 0 aromatic carbocycles. The van der Waals surface area contributed by atoms with Gasteiger partial charge in [-0.2, -0.15) is 0 Å². The van der Waals surface area contributed by atoms with Crippen LogP contribution in [0.5, 0.6) is 0 Å². The highest BCUT2D eigenvalue weighted by Crippen LogP contribution is 2.50. The molecule has 2 unspecified atom stereocenters. The normalized spacial score (nSPS) is 29.3. The minimum Gasteiger partial charge on any atom is -0.480 e. The van der Waals surface area contributed by atoms with Crippen molar-refractivity contribution >= 4 is 51.4 Å². The molecule has 23 heavy (non-hydrogen) atoms. The summed E-state index contributed by atoms with van der Waals surface area (Å²) in [5, 5.41) is 11.3. The largest absolute Gasteiger partial charge is 0.480 e. The van der Waals surface area contributed by atoms with E-state index in [0.717, 1.165) is 0 Å². The molecule has 0 aromatic rings. The fourth-order valence-corrected chi connectivity index (χ4v) is 4.58. The number of nitrogens with one attached hydrogen (secondary N) is 1. The molecule has 2 rings (SSSR count).